The van der Waals surface area contributed by atoms with Crippen LogP contribution in [-0.4, -0.2) is 59.8 Å². The van der Waals surface area contributed by atoms with Crippen molar-refractivity contribution in [2.24, 2.45) is 5.41 Å². The molecular formula is C31H41N3O6. The Morgan fingerprint density at radius 2 is 1.98 bits per heavy atom. The van der Waals surface area contributed by atoms with Crippen LogP contribution in [0.4, 0.5) is 0 Å². The molecule has 1 aromatic heterocycles. The molecule has 2 fully saturated rings. The van der Waals surface area contributed by atoms with Gasteiger partial charge in [0.05, 0.1) is 18.8 Å². The van der Waals surface area contributed by atoms with Crippen molar-refractivity contribution >= 4 is 5.91 Å². The lowest BCUT2D eigenvalue weighted by atomic mass is 9.73. The van der Waals surface area contributed by atoms with Crippen molar-refractivity contribution in [2.75, 3.05) is 19.9 Å². The van der Waals surface area contributed by atoms with E-state index in [1.165, 1.54) is 5.56 Å². The van der Waals surface area contributed by atoms with Crippen LogP contribution in [0.2, 0.25) is 0 Å². The van der Waals surface area contributed by atoms with Crippen molar-refractivity contribution in [3.8, 4) is 17.4 Å². The quantitative estimate of drug-likeness (QED) is 0.434. The Balaban J connectivity index is 1.18. The van der Waals surface area contributed by atoms with Gasteiger partial charge < -0.3 is 34.7 Å². The van der Waals surface area contributed by atoms with Crippen molar-refractivity contribution < 1.29 is 28.8 Å². The van der Waals surface area contributed by atoms with E-state index in [0.29, 0.717) is 43.4 Å². The first-order chi connectivity index (χ1) is 19.2. The zero-order valence-corrected chi connectivity index (χ0v) is 23.7. The second-order valence-electron chi connectivity index (χ2n) is 13.0. The van der Waals surface area contributed by atoms with Crippen molar-refractivity contribution in [3.63, 3.8) is 0 Å². The predicted molar refractivity (Wildman–Crippen MR) is 149 cm³/mol. The van der Waals surface area contributed by atoms with Gasteiger partial charge in [-0.2, -0.15) is 0 Å². The minimum Gasteiger partial charge on any atom is -0.471 e. The molecule has 9 heteroatoms. The maximum absolute atomic E-state index is 12.8. The third-order valence-electron chi connectivity index (χ3n) is 8.45. The summed E-state index contributed by atoms with van der Waals surface area (Å²) in [5, 5.41) is 18.1. The van der Waals surface area contributed by atoms with E-state index in [1.54, 1.807) is 0 Å². The third kappa shape index (κ3) is 5.92. The molecule has 4 heterocycles. The number of benzene rings is 1. The van der Waals surface area contributed by atoms with Crippen LogP contribution < -0.4 is 24.8 Å². The van der Waals surface area contributed by atoms with Gasteiger partial charge in [-0.15, -0.1) is 0 Å². The smallest absolute Gasteiger partial charge is 0.249 e. The summed E-state index contributed by atoms with van der Waals surface area (Å²) in [5.74, 6) is 1.90. The van der Waals surface area contributed by atoms with Gasteiger partial charge in [0.15, 0.2) is 11.5 Å². The van der Waals surface area contributed by atoms with Gasteiger partial charge in [-0.3, -0.25) is 4.79 Å². The van der Waals surface area contributed by atoms with Gasteiger partial charge in [-0.05, 0) is 66.8 Å². The molecule has 1 aliphatic carbocycles. The second-order valence-corrected chi connectivity index (χ2v) is 13.0. The van der Waals surface area contributed by atoms with Crippen LogP contribution in [0.3, 0.4) is 0 Å². The molecule has 4 aliphatic rings. The monoisotopic (exact) mass is 551 g/mol. The fourth-order valence-corrected chi connectivity index (χ4v) is 6.08. The lowest BCUT2D eigenvalue weighted by Gasteiger charge is -2.47. The van der Waals surface area contributed by atoms with Gasteiger partial charge in [0, 0.05) is 37.2 Å². The maximum Gasteiger partial charge on any atom is 0.249 e. The van der Waals surface area contributed by atoms with Gasteiger partial charge in [-0.1, -0.05) is 26.8 Å². The highest BCUT2D eigenvalue weighted by atomic mass is 16.7. The number of nitrogens with zero attached hydrogens (tertiary/aromatic N) is 1. The number of fused-ring (bicyclic) bond motifs is 2. The summed E-state index contributed by atoms with van der Waals surface area (Å²) in [7, 11) is 0. The molecule has 1 aromatic carbocycles. The fourth-order valence-electron chi connectivity index (χ4n) is 6.08. The first-order valence-electron chi connectivity index (χ1n) is 14.6. The van der Waals surface area contributed by atoms with Gasteiger partial charge in [0.25, 0.3) is 0 Å². The maximum atomic E-state index is 12.8. The number of carbonyl (C=O) groups is 1. The second kappa shape index (κ2) is 10.8. The van der Waals surface area contributed by atoms with Crippen molar-refractivity contribution in [3.05, 3.63) is 47.2 Å². The van der Waals surface area contributed by atoms with Crippen molar-refractivity contribution in [1.29, 1.82) is 0 Å². The van der Waals surface area contributed by atoms with Crippen LogP contribution in [0, 0.1) is 5.41 Å². The van der Waals surface area contributed by atoms with E-state index in [0.717, 1.165) is 43.2 Å². The van der Waals surface area contributed by atoms with Gasteiger partial charge >= 0.3 is 0 Å². The number of carbonyl (C=O) groups excluding carboxylic acids is 1. The summed E-state index contributed by atoms with van der Waals surface area (Å²) in [6, 6.07) is 7.44. The summed E-state index contributed by atoms with van der Waals surface area (Å²) < 4.78 is 22.8. The Morgan fingerprint density at radius 3 is 2.67 bits per heavy atom. The first-order valence-corrected chi connectivity index (χ1v) is 14.6. The average molecular weight is 552 g/mol. The number of pyridine rings is 1. The van der Waals surface area contributed by atoms with Crippen molar-refractivity contribution in [2.45, 2.75) is 95.6 Å². The number of nitrogens with one attached hydrogen (secondary N) is 2. The molecule has 9 nitrogen and oxygen atoms in total. The standard InChI is InChI=1S/C31H41N3O6/c1-30(2,3)14-20-11-21-23(15-31(8-4-9-31)40-29(21)33-16-20)32-17-24(35)22(34-28(36)26-7-10-37-26)12-19-5-6-25-27(13-19)39-18-38-25/h5-6,11,13,16,22-24,26,32,35H,4,7-10,12,14-15,17-18H2,1-3H3,(H,34,36)/t22-,23-,24-,26+/m0/s1. The molecular weight excluding hydrogens is 510 g/mol. The third-order valence-corrected chi connectivity index (χ3v) is 8.45. The Hall–Kier alpha value is -2.88. The molecule has 1 spiro atoms. The number of rotatable bonds is 9. The normalized spacial score (nSPS) is 23.8. The molecule has 4 atom stereocenters. The summed E-state index contributed by atoms with van der Waals surface area (Å²) in [5.41, 5.74) is 3.13. The van der Waals surface area contributed by atoms with E-state index in [9.17, 15) is 9.90 Å². The molecule has 40 heavy (non-hydrogen) atoms. The van der Waals surface area contributed by atoms with E-state index in [2.05, 4.69) is 37.5 Å². The molecule has 3 aliphatic heterocycles. The molecule has 1 saturated heterocycles. The van der Waals surface area contributed by atoms with E-state index >= 15 is 0 Å². The largest absolute Gasteiger partial charge is 0.471 e. The molecule has 0 radical (unpaired) electrons. The fraction of sp³-hybridized carbons (Fsp3) is 0.613. The Bertz CT molecular complexity index is 1240. The highest BCUT2D eigenvalue weighted by Crippen LogP contribution is 2.48. The predicted octanol–water partition coefficient (Wildman–Crippen LogP) is 3.61. The van der Waals surface area contributed by atoms with Crippen LogP contribution in [0.5, 0.6) is 17.4 Å². The van der Waals surface area contributed by atoms with Crippen LogP contribution in [0.15, 0.2) is 30.5 Å². The molecule has 1 amide bonds. The number of aromatic nitrogens is 1. The summed E-state index contributed by atoms with van der Waals surface area (Å²) in [6.07, 6.45) is 6.74. The lowest BCUT2D eigenvalue weighted by molar-refractivity contribution is -0.146. The van der Waals surface area contributed by atoms with E-state index in [4.69, 9.17) is 23.9 Å². The zero-order valence-electron chi connectivity index (χ0n) is 23.7. The number of amides is 1. The number of hydrogen-bond acceptors (Lipinski definition) is 8. The van der Waals surface area contributed by atoms with Crippen LogP contribution in [0.1, 0.15) is 75.6 Å². The van der Waals surface area contributed by atoms with Crippen LogP contribution >= 0.6 is 0 Å². The Labute approximate surface area is 235 Å². The highest BCUT2D eigenvalue weighted by Gasteiger charge is 2.46. The number of ether oxygens (including phenoxy) is 4. The van der Waals surface area contributed by atoms with Crippen LogP contribution in [0.25, 0.3) is 0 Å². The lowest BCUT2D eigenvalue weighted by Crippen LogP contribution is -2.54. The molecule has 2 aromatic rings. The van der Waals surface area contributed by atoms with Gasteiger partial charge in [0.1, 0.15) is 11.7 Å². The topological polar surface area (TPSA) is 111 Å². The SMILES string of the molecule is CC(C)(C)Cc1cnc2c(c1)[C@@H](NC[C@H](O)[C@H](Cc1ccc3c(c1)OCO3)NC(=O)[C@H]1CCO1)CC1(CCC1)O2. The number of hydrogen-bond donors (Lipinski definition) is 3. The summed E-state index contributed by atoms with van der Waals surface area (Å²) in [4.78, 5) is 17.6. The molecule has 0 unspecified atom stereocenters. The average Bonchev–Trinajstić information content (AvgIpc) is 3.31. The number of aliphatic hydroxyl groups is 1. The van der Waals surface area contributed by atoms with Gasteiger partial charge in [0.2, 0.25) is 18.6 Å². The first kappa shape index (κ1) is 27.3. The van der Waals surface area contributed by atoms with Crippen LogP contribution in [-0.2, 0) is 22.4 Å². The molecule has 6 rings (SSSR count). The van der Waals surface area contributed by atoms with Crippen molar-refractivity contribution in [1.82, 2.24) is 15.6 Å². The van der Waals surface area contributed by atoms with Gasteiger partial charge in [-0.25, -0.2) is 4.98 Å². The minimum atomic E-state index is -0.830. The Morgan fingerprint density at radius 1 is 1.18 bits per heavy atom. The molecule has 1 saturated carbocycles. The molecule has 0 bridgehead atoms. The zero-order chi connectivity index (χ0) is 27.9. The molecule has 3 N–H and O–H groups in total. The minimum absolute atomic E-state index is 0.00276. The Kier molecular flexibility index (Phi) is 7.39. The summed E-state index contributed by atoms with van der Waals surface area (Å²) >= 11 is 0. The van der Waals surface area contributed by atoms with E-state index < -0.39 is 18.2 Å². The highest BCUT2D eigenvalue weighted by molar-refractivity contribution is 5.81. The van der Waals surface area contributed by atoms with E-state index in [-0.39, 0.29) is 29.8 Å². The molecule has 216 valence electrons. The number of aliphatic hydroxyl groups excluding tert-OH is 1. The summed E-state index contributed by atoms with van der Waals surface area (Å²) in [6.45, 7) is 7.77. The van der Waals surface area contributed by atoms with E-state index in [1.807, 2.05) is 24.4 Å².